The monoisotopic (exact) mass is 1030 g/mol. The van der Waals surface area contributed by atoms with Crippen LogP contribution in [0, 0.1) is 0 Å². The Hall–Kier alpha value is -9.74. The number of hydrogen-bond donors (Lipinski definition) is 0. The third-order valence-corrected chi connectivity index (χ3v) is 16.4. The molecule has 15 aromatic rings. The van der Waals surface area contributed by atoms with Crippen LogP contribution in [0.25, 0.3) is 105 Å². The maximum absolute atomic E-state index is 10.8. The molecule has 3 heterocycles. The van der Waals surface area contributed by atoms with Crippen molar-refractivity contribution in [2.24, 2.45) is 0 Å². The molecule has 4 heteroatoms. The van der Waals surface area contributed by atoms with Gasteiger partial charge in [0.05, 0.1) is 106 Å². The lowest BCUT2D eigenvalue weighted by Gasteiger charge is -2.34. The Bertz CT molecular complexity index is 7400. The molecule has 0 N–H and O–H groups in total. The predicted molar refractivity (Wildman–Crippen MR) is 324 cm³/mol. The van der Waals surface area contributed by atoms with Gasteiger partial charge >= 0.3 is 0 Å². The molecule has 15 rings (SSSR count). The lowest BCUT2D eigenvalue weighted by atomic mass is 10.0. The van der Waals surface area contributed by atoms with Gasteiger partial charge in [-0.05, 0) is 104 Å². The van der Waals surface area contributed by atoms with Gasteiger partial charge in [0, 0.05) is 49.3 Å². The number of rotatable bonds is 9. The highest BCUT2D eigenvalue weighted by Gasteiger charge is 2.41. The van der Waals surface area contributed by atoms with Gasteiger partial charge in [-0.2, -0.15) is 0 Å². The lowest BCUT2D eigenvalue weighted by molar-refractivity contribution is 1.16. The van der Waals surface area contributed by atoms with Crippen LogP contribution in [0.4, 0.5) is 0 Å². The second-order valence-corrected chi connectivity index (χ2v) is 19.8. The highest BCUT2D eigenvalue weighted by molar-refractivity contribution is 7.20. The van der Waals surface area contributed by atoms with E-state index in [2.05, 4.69) is 0 Å². The first kappa shape index (κ1) is 16.9. The largest absolute Gasteiger partial charge is 0.309 e. The SMILES string of the molecule is [2H]c1c([2H])c([2H])c(-c2c([2H])c([2H])c(-n3c4c([2H])c([2H])c([2H])c([2H])c4c4c([2H])c(-n5c6c([2H])c([2H])c([2H])c([2H])c6c6c([2H])c([2H])c(-c7c([2H])c([2H])c([2H])c([2H])c7-n7c8c([2H])c([2H])c([2H])c([2H])c8c8c([2H])c([Si](c9c([2H])c([2H])c([2H])c([2H])c9[2H])(c9c([2H])c([2H])c([2H])c([2H])c9[2H])c9c([2H])c([2H])c([2H])c([2H])c9[2H])c([2H])c([2H])c87)c([2H])c65)c([2H])c([2H])c43)c([2H])c2[2H])c([2H])c1[2H]. The van der Waals surface area contributed by atoms with Crippen molar-refractivity contribution in [3.05, 3.63) is 296 Å². The first-order chi connectivity index (χ1) is 58.1. The fraction of sp³-hybridized carbons (Fsp3) is 0. The average Bonchev–Trinajstić information content (AvgIpc) is 0.798. The van der Waals surface area contributed by atoms with E-state index < -0.39 is 430 Å². The number of hydrogen-bond acceptors (Lipinski definition) is 0. The van der Waals surface area contributed by atoms with Crippen molar-refractivity contribution in [2.75, 3.05) is 0 Å². The van der Waals surface area contributed by atoms with Gasteiger partial charge in [0.25, 0.3) is 0 Å². The molecule has 0 amide bonds. The zero-order chi connectivity index (χ0) is 92.8. The molecular weight excluding hydrogens is 935 g/mol. The maximum Gasteiger partial charge on any atom is 0.179 e. The van der Waals surface area contributed by atoms with Crippen LogP contribution in [-0.2, 0) is 0 Å². The summed E-state index contributed by atoms with van der Waals surface area (Å²) < 4.78 is 465. The van der Waals surface area contributed by atoms with E-state index in [-0.39, 0.29) is 0 Å². The zero-order valence-corrected chi connectivity index (χ0v) is 38.8. The molecular formula is C72H49N3Si. The minimum Gasteiger partial charge on any atom is -0.309 e. The molecule has 356 valence electrons. The Labute approximate surface area is 510 Å². The van der Waals surface area contributed by atoms with Gasteiger partial charge in [-0.3, -0.25) is 0 Å². The van der Waals surface area contributed by atoms with Gasteiger partial charge in [-0.15, -0.1) is 0 Å². The zero-order valence-electron chi connectivity index (χ0n) is 86.8. The summed E-state index contributed by atoms with van der Waals surface area (Å²) in [6.45, 7) is 0. The van der Waals surface area contributed by atoms with E-state index in [4.69, 9.17) is 24.7 Å². The van der Waals surface area contributed by atoms with Crippen molar-refractivity contribution in [1.29, 1.82) is 0 Å². The number of aromatic nitrogens is 3. The lowest BCUT2D eigenvalue weighted by Crippen LogP contribution is -2.74. The molecule has 0 radical (unpaired) electrons. The van der Waals surface area contributed by atoms with Gasteiger partial charge in [-0.25, -0.2) is 0 Å². The highest BCUT2D eigenvalue weighted by atomic mass is 28.3. The van der Waals surface area contributed by atoms with Crippen molar-refractivity contribution in [1.82, 2.24) is 13.7 Å². The number of para-hydroxylation sites is 4. The van der Waals surface area contributed by atoms with Gasteiger partial charge in [0.15, 0.2) is 8.07 Å². The fourth-order valence-corrected chi connectivity index (χ4v) is 12.8. The van der Waals surface area contributed by atoms with Gasteiger partial charge in [0.1, 0.15) is 0 Å². The normalized spacial score (nSPS) is 21.0. The Kier molecular flexibility index (Phi) is 3.94. The Morgan fingerprint density at radius 1 is 0.237 bits per heavy atom. The first-order valence-corrected chi connectivity index (χ1v) is 24.3. The molecule has 0 bridgehead atoms. The number of fused-ring (bicyclic) bond motifs is 9. The number of benzene rings is 12. The third kappa shape index (κ3) is 6.74. The number of nitrogens with zero attached hydrogens (tertiary/aromatic N) is 3. The van der Waals surface area contributed by atoms with Crippen LogP contribution in [0.3, 0.4) is 0 Å². The van der Waals surface area contributed by atoms with Crippen LogP contribution in [0.15, 0.2) is 296 Å². The molecule has 3 aromatic heterocycles. The van der Waals surface area contributed by atoms with Gasteiger partial charge < -0.3 is 13.7 Å². The second-order valence-electron chi connectivity index (χ2n) is 16.3. The molecule has 0 fully saturated rings. The van der Waals surface area contributed by atoms with E-state index in [1.54, 1.807) is 0 Å². The Morgan fingerprint density at radius 3 is 1.26 bits per heavy atom. The molecule has 0 spiro atoms. The van der Waals surface area contributed by atoms with Crippen molar-refractivity contribution in [2.45, 2.75) is 0 Å². The van der Waals surface area contributed by atoms with Gasteiger partial charge in [0.2, 0.25) is 0 Å². The van der Waals surface area contributed by atoms with Crippen LogP contribution in [0.1, 0.15) is 67.2 Å². The van der Waals surface area contributed by atoms with Crippen LogP contribution >= 0.6 is 0 Å². The third-order valence-electron chi connectivity index (χ3n) is 12.4. The topological polar surface area (TPSA) is 14.8 Å². The Balaban J connectivity index is 1.15. The average molecular weight is 1030 g/mol. The second kappa shape index (κ2) is 17.7. The van der Waals surface area contributed by atoms with Crippen molar-refractivity contribution in [3.63, 3.8) is 0 Å². The van der Waals surface area contributed by atoms with Crippen molar-refractivity contribution >= 4 is 94.2 Å². The summed E-state index contributed by atoms with van der Waals surface area (Å²) >= 11 is 0. The molecule has 0 saturated heterocycles. The summed E-state index contributed by atoms with van der Waals surface area (Å²) in [6, 6.07) is -61.7. The quantitative estimate of drug-likeness (QED) is 0.101. The van der Waals surface area contributed by atoms with E-state index in [1.807, 2.05) is 0 Å². The maximum atomic E-state index is 10.8. The standard InChI is InChI=1S/C72H49N3Si/c1-5-21-50(22-6-1)51-37-40-53(41-38-51)73-68-35-19-15-31-61(68)64-48-54(42-45-70(64)73)74-67-34-18-14-30-60(67)63-44-39-52(47-72(63)74)59-29-13-17-33-66(59)75-69-36-20-16-32-62(69)65-49-58(43-46-71(65)75)76(55-23-7-2-8-24-55,56-25-9-3-10-26-56)57-27-11-4-12-28-57/h1-49H/i1D,2D,3D,4D,5D,6D,7D,8D,9D,10D,11D,12D,13D,14D,15D,16D,17D,18D,19D,20D,21D,22D,23D,24D,25D,26D,27D,28D,29D,30D,31D,32D,33D,34D,35D,36D,37D,38D,39D,40D,41D,42D,43D,44D,45D,46D,47D,48D,49D. The Morgan fingerprint density at radius 2 is 0.645 bits per heavy atom. The van der Waals surface area contributed by atoms with Crippen LogP contribution in [0.5, 0.6) is 0 Å². The van der Waals surface area contributed by atoms with Crippen LogP contribution < -0.4 is 20.7 Å². The predicted octanol–water partition coefficient (Wildman–Crippen LogP) is 15.7. The minimum absolute atomic E-state index is 0.411. The summed E-state index contributed by atoms with van der Waals surface area (Å²) in [7, 11) is -6.74. The van der Waals surface area contributed by atoms with Crippen LogP contribution in [-0.4, -0.2) is 21.8 Å². The van der Waals surface area contributed by atoms with E-state index in [0.717, 1.165) is 0 Å². The summed E-state index contributed by atoms with van der Waals surface area (Å²) in [5.74, 6) is 0. The summed E-state index contributed by atoms with van der Waals surface area (Å²) in [5.41, 5.74) is -13.8. The fourth-order valence-electron chi connectivity index (χ4n) is 9.26. The molecule has 0 aliphatic rings. The molecule has 0 aliphatic carbocycles. The minimum atomic E-state index is -6.74. The van der Waals surface area contributed by atoms with E-state index in [9.17, 15) is 42.5 Å². The smallest absolute Gasteiger partial charge is 0.179 e. The van der Waals surface area contributed by atoms with E-state index in [0.29, 0.717) is 13.7 Å². The molecule has 12 aromatic carbocycles. The molecule has 0 unspecified atom stereocenters. The molecule has 0 saturated carbocycles. The van der Waals surface area contributed by atoms with Gasteiger partial charge in [-0.1, -0.05) is 230 Å². The summed E-state index contributed by atoms with van der Waals surface area (Å²) in [5, 5.41) is -11.0. The van der Waals surface area contributed by atoms with Crippen LogP contribution in [0.2, 0.25) is 0 Å². The molecule has 3 nitrogen and oxygen atoms in total. The summed E-state index contributed by atoms with van der Waals surface area (Å²) in [6.07, 6.45) is 0. The van der Waals surface area contributed by atoms with E-state index in [1.165, 1.54) is 0 Å². The van der Waals surface area contributed by atoms with Crippen molar-refractivity contribution < 1.29 is 67.2 Å². The first-order valence-electron chi connectivity index (χ1n) is 46.8. The summed E-state index contributed by atoms with van der Waals surface area (Å²) in [4.78, 5) is 0. The van der Waals surface area contributed by atoms with E-state index >= 15 is 0 Å². The van der Waals surface area contributed by atoms with Crippen molar-refractivity contribution in [3.8, 4) is 39.3 Å². The molecule has 0 aliphatic heterocycles. The highest BCUT2D eigenvalue weighted by Crippen LogP contribution is 2.41. The molecule has 0 atom stereocenters. The molecule has 76 heavy (non-hydrogen) atoms.